The van der Waals surface area contributed by atoms with Crippen LogP contribution in [0.3, 0.4) is 0 Å². The summed E-state index contributed by atoms with van der Waals surface area (Å²) in [6.45, 7) is 4.93. The van der Waals surface area contributed by atoms with E-state index in [9.17, 15) is 4.39 Å². The monoisotopic (exact) mass is 265 g/mol. The minimum atomic E-state index is -0.287. The molecule has 0 amide bonds. The number of nitrogens with two attached hydrogens (primary N) is 1. The maximum absolute atomic E-state index is 14.0. The van der Waals surface area contributed by atoms with Crippen LogP contribution in [0.2, 0.25) is 0 Å². The Balaban J connectivity index is 2.25. The smallest absolute Gasteiger partial charge is 0.128 e. The van der Waals surface area contributed by atoms with Gasteiger partial charge in [-0.1, -0.05) is 17.7 Å². The second kappa shape index (κ2) is 5.99. The van der Waals surface area contributed by atoms with Gasteiger partial charge >= 0.3 is 0 Å². The summed E-state index contributed by atoms with van der Waals surface area (Å²) in [5.74, 6) is -0.196. The summed E-state index contributed by atoms with van der Waals surface area (Å²) in [6, 6.07) is 5.05. The first kappa shape index (κ1) is 14.4. The van der Waals surface area contributed by atoms with E-state index < -0.39 is 0 Å². The largest absolute Gasteiger partial charge is 0.323 e. The highest BCUT2D eigenvalue weighted by atomic mass is 19.1. The molecule has 106 valence electrons. The van der Waals surface area contributed by atoms with Gasteiger partial charge in [-0.3, -0.25) is 0 Å². The Bertz CT molecular complexity index is 435. The molecule has 19 heavy (non-hydrogen) atoms. The van der Waals surface area contributed by atoms with Gasteiger partial charge in [0.05, 0.1) is 0 Å². The Kier molecular flexibility index (Phi) is 4.55. The minimum absolute atomic E-state index is 0.156. The molecule has 1 fully saturated rings. The molecular formula is C15H24FN3. The molecule has 0 saturated carbocycles. The highest BCUT2D eigenvalue weighted by Gasteiger charge is 2.28. The molecule has 1 aliphatic rings. The number of hydrogen-bond acceptors (Lipinski definition) is 3. The molecule has 0 bridgehead atoms. The molecule has 0 aliphatic carbocycles. The van der Waals surface area contributed by atoms with Crippen molar-refractivity contribution in [1.82, 2.24) is 9.80 Å². The van der Waals surface area contributed by atoms with Crippen LogP contribution in [-0.4, -0.2) is 49.6 Å². The molecule has 2 rings (SSSR count). The lowest BCUT2D eigenvalue weighted by Crippen LogP contribution is -2.45. The van der Waals surface area contributed by atoms with E-state index in [1.807, 2.05) is 13.0 Å². The van der Waals surface area contributed by atoms with E-state index in [1.54, 1.807) is 6.07 Å². The molecular weight excluding hydrogens is 241 g/mol. The van der Waals surface area contributed by atoms with Crippen molar-refractivity contribution in [2.24, 2.45) is 5.73 Å². The molecule has 0 aromatic heterocycles. The van der Waals surface area contributed by atoms with Crippen LogP contribution in [0, 0.1) is 12.7 Å². The van der Waals surface area contributed by atoms with E-state index in [0.29, 0.717) is 5.56 Å². The second-order valence-electron chi connectivity index (χ2n) is 5.71. The maximum Gasteiger partial charge on any atom is 0.128 e. The van der Waals surface area contributed by atoms with Crippen molar-refractivity contribution in [2.75, 3.05) is 33.7 Å². The van der Waals surface area contributed by atoms with Crippen molar-refractivity contribution in [3.63, 3.8) is 0 Å². The number of hydrogen-bond donors (Lipinski definition) is 1. The van der Waals surface area contributed by atoms with E-state index in [0.717, 1.165) is 31.6 Å². The van der Waals surface area contributed by atoms with Gasteiger partial charge in [-0.2, -0.15) is 0 Å². The Labute approximate surface area is 115 Å². The Morgan fingerprint density at radius 3 is 2.79 bits per heavy atom. The molecule has 3 nitrogen and oxygen atoms in total. The van der Waals surface area contributed by atoms with Crippen LogP contribution in [0.15, 0.2) is 18.2 Å². The van der Waals surface area contributed by atoms with Gasteiger partial charge in [0.15, 0.2) is 0 Å². The van der Waals surface area contributed by atoms with Crippen molar-refractivity contribution in [3.8, 4) is 0 Å². The SMILES string of the molecule is Cc1ccc(F)c(C(N)C2CN(C)CCCN2C)c1. The fraction of sp³-hybridized carbons (Fsp3) is 0.600. The number of nitrogens with zero attached hydrogens (tertiary/aromatic N) is 2. The predicted octanol–water partition coefficient (Wildman–Crippen LogP) is 1.77. The van der Waals surface area contributed by atoms with E-state index in [4.69, 9.17) is 5.73 Å². The minimum Gasteiger partial charge on any atom is -0.323 e. The normalized spacial score (nSPS) is 24.2. The first-order chi connectivity index (χ1) is 8.99. The van der Waals surface area contributed by atoms with E-state index in [1.165, 1.54) is 6.07 Å². The number of likely N-dealkylation sites (N-methyl/N-ethyl adjacent to an activating group) is 2. The Morgan fingerprint density at radius 1 is 1.32 bits per heavy atom. The van der Waals surface area contributed by atoms with Crippen molar-refractivity contribution in [3.05, 3.63) is 35.1 Å². The van der Waals surface area contributed by atoms with Crippen LogP contribution < -0.4 is 5.73 Å². The third-order valence-corrected chi connectivity index (χ3v) is 4.04. The molecule has 2 atom stereocenters. The van der Waals surface area contributed by atoms with Crippen molar-refractivity contribution >= 4 is 0 Å². The van der Waals surface area contributed by atoms with Crippen LogP contribution in [0.5, 0.6) is 0 Å². The summed E-state index contributed by atoms with van der Waals surface area (Å²) < 4.78 is 14.0. The van der Waals surface area contributed by atoms with E-state index in [-0.39, 0.29) is 17.9 Å². The Hall–Kier alpha value is -0.970. The predicted molar refractivity (Wildman–Crippen MR) is 76.6 cm³/mol. The van der Waals surface area contributed by atoms with Crippen LogP contribution in [0.1, 0.15) is 23.6 Å². The summed E-state index contributed by atoms with van der Waals surface area (Å²) in [4.78, 5) is 4.54. The lowest BCUT2D eigenvalue weighted by Gasteiger charge is -2.32. The topological polar surface area (TPSA) is 32.5 Å². The molecule has 2 unspecified atom stereocenters. The zero-order valence-electron chi connectivity index (χ0n) is 12.1. The molecule has 1 aromatic carbocycles. The standard InChI is InChI=1S/C15H24FN3/c1-11-5-6-13(16)12(9-11)15(17)14-10-18(2)7-4-8-19(14)3/h5-6,9,14-15H,4,7-8,10,17H2,1-3H3. The number of rotatable bonds is 2. The van der Waals surface area contributed by atoms with Crippen molar-refractivity contribution in [2.45, 2.75) is 25.4 Å². The quantitative estimate of drug-likeness (QED) is 0.884. The maximum atomic E-state index is 14.0. The first-order valence-corrected chi connectivity index (χ1v) is 6.89. The molecule has 1 aliphatic heterocycles. The summed E-state index contributed by atoms with van der Waals surface area (Å²) in [5.41, 5.74) is 8.04. The molecule has 4 heteroatoms. The molecule has 0 radical (unpaired) electrons. The van der Waals surface area contributed by atoms with Gasteiger partial charge in [0.1, 0.15) is 5.82 Å². The van der Waals surface area contributed by atoms with Crippen molar-refractivity contribution in [1.29, 1.82) is 0 Å². The average Bonchev–Trinajstić information content (AvgIpc) is 2.53. The molecule has 1 saturated heterocycles. The van der Waals surface area contributed by atoms with Gasteiger partial charge in [-0.25, -0.2) is 4.39 Å². The highest BCUT2D eigenvalue weighted by molar-refractivity contribution is 5.28. The molecule has 1 aromatic rings. The zero-order valence-corrected chi connectivity index (χ0v) is 12.1. The van der Waals surface area contributed by atoms with Gasteiger partial charge in [0.2, 0.25) is 0 Å². The van der Waals surface area contributed by atoms with Gasteiger partial charge in [-0.05, 0) is 46.6 Å². The van der Waals surface area contributed by atoms with E-state index >= 15 is 0 Å². The average molecular weight is 265 g/mol. The van der Waals surface area contributed by atoms with E-state index in [2.05, 4.69) is 23.9 Å². The number of halogens is 1. The van der Waals surface area contributed by atoms with Gasteiger partial charge < -0.3 is 15.5 Å². The lowest BCUT2D eigenvalue weighted by molar-refractivity contribution is 0.194. The van der Waals surface area contributed by atoms with Crippen LogP contribution in [-0.2, 0) is 0 Å². The molecule has 2 N–H and O–H groups in total. The number of benzene rings is 1. The second-order valence-corrected chi connectivity index (χ2v) is 5.71. The van der Waals surface area contributed by atoms with Crippen molar-refractivity contribution < 1.29 is 4.39 Å². The van der Waals surface area contributed by atoms with Crippen LogP contribution in [0.4, 0.5) is 4.39 Å². The fourth-order valence-corrected chi connectivity index (χ4v) is 2.82. The third kappa shape index (κ3) is 3.32. The first-order valence-electron chi connectivity index (χ1n) is 6.89. The van der Waals surface area contributed by atoms with Crippen LogP contribution >= 0.6 is 0 Å². The molecule has 0 spiro atoms. The summed E-state index contributed by atoms with van der Waals surface area (Å²) in [6.07, 6.45) is 1.13. The summed E-state index contributed by atoms with van der Waals surface area (Å²) >= 11 is 0. The van der Waals surface area contributed by atoms with Gasteiger partial charge in [0.25, 0.3) is 0 Å². The van der Waals surface area contributed by atoms with Crippen LogP contribution in [0.25, 0.3) is 0 Å². The lowest BCUT2D eigenvalue weighted by atomic mass is 9.97. The fourth-order valence-electron chi connectivity index (χ4n) is 2.82. The third-order valence-electron chi connectivity index (χ3n) is 4.04. The summed E-state index contributed by atoms with van der Waals surface area (Å²) in [5, 5.41) is 0. The molecule has 1 heterocycles. The Morgan fingerprint density at radius 2 is 2.05 bits per heavy atom. The van der Waals surface area contributed by atoms with Gasteiger partial charge in [-0.15, -0.1) is 0 Å². The summed E-state index contributed by atoms with van der Waals surface area (Å²) in [7, 11) is 4.18. The van der Waals surface area contributed by atoms with Gasteiger partial charge in [0, 0.05) is 24.2 Å². The number of aryl methyl sites for hydroxylation is 1. The zero-order chi connectivity index (χ0) is 14.0. The highest BCUT2D eigenvalue weighted by Crippen LogP contribution is 2.24.